The van der Waals surface area contributed by atoms with Gasteiger partial charge in [0.25, 0.3) is 0 Å². The van der Waals surface area contributed by atoms with Gasteiger partial charge in [0.15, 0.2) is 0 Å². The molecular weight excluding hydrogens is 240 g/mol. The number of methoxy groups -OCH3 is 1. The van der Waals surface area contributed by atoms with Crippen LogP contribution in [-0.2, 0) is 10.3 Å². The van der Waals surface area contributed by atoms with Crippen molar-refractivity contribution in [3.63, 3.8) is 0 Å². The fourth-order valence-corrected chi connectivity index (χ4v) is 3.14. The Morgan fingerprint density at radius 3 is 2.95 bits per heavy atom. The summed E-state index contributed by atoms with van der Waals surface area (Å²) in [4.78, 5) is 0. The number of aryl methyl sites for hydroxylation is 1. The number of fused-ring (bicyclic) bond motifs is 1. The van der Waals surface area contributed by atoms with Crippen molar-refractivity contribution >= 4 is 11.0 Å². The van der Waals surface area contributed by atoms with Crippen molar-refractivity contribution in [3.05, 3.63) is 35.6 Å². The maximum absolute atomic E-state index is 11.0. The second-order valence-corrected chi connectivity index (χ2v) is 5.50. The van der Waals surface area contributed by atoms with Gasteiger partial charge in [-0.3, -0.25) is 0 Å². The van der Waals surface area contributed by atoms with E-state index in [2.05, 4.69) is 0 Å². The molecule has 0 radical (unpaired) electrons. The van der Waals surface area contributed by atoms with Crippen LogP contribution in [0.3, 0.4) is 0 Å². The molecule has 0 bridgehead atoms. The predicted octanol–water partition coefficient (Wildman–Crippen LogP) is 3.52. The molecule has 1 aromatic heterocycles. The summed E-state index contributed by atoms with van der Waals surface area (Å²) in [6.45, 7) is 2.02. The fraction of sp³-hybridized carbons (Fsp3) is 0.500. The first kappa shape index (κ1) is 12.7. The van der Waals surface area contributed by atoms with E-state index in [1.807, 2.05) is 31.2 Å². The Bertz CT molecular complexity index is 587. The van der Waals surface area contributed by atoms with Crippen LogP contribution in [0.15, 0.2) is 28.7 Å². The van der Waals surface area contributed by atoms with E-state index in [0.717, 1.165) is 35.8 Å². The summed E-state index contributed by atoms with van der Waals surface area (Å²) in [7, 11) is 1.66. The number of furan rings is 1. The molecule has 1 aromatic carbocycles. The van der Waals surface area contributed by atoms with Gasteiger partial charge in [0.2, 0.25) is 0 Å². The molecule has 2 aromatic rings. The van der Waals surface area contributed by atoms with Gasteiger partial charge in [-0.1, -0.05) is 24.6 Å². The summed E-state index contributed by atoms with van der Waals surface area (Å²) in [5, 5.41) is 12.0. The van der Waals surface area contributed by atoms with Crippen LogP contribution in [-0.4, -0.2) is 18.3 Å². The van der Waals surface area contributed by atoms with E-state index in [0.29, 0.717) is 12.2 Å². The minimum atomic E-state index is -0.988. The molecule has 0 aliphatic heterocycles. The van der Waals surface area contributed by atoms with Gasteiger partial charge in [0, 0.05) is 12.5 Å². The van der Waals surface area contributed by atoms with E-state index in [4.69, 9.17) is 9.15 Å². The number of hydrogen-bond donors (Lipinski definition) is 1. The number of benzene rings is 1. The number of para-hydroxylation sites is 1. The Morgan fingerprint density at radius 2 is 2.21 bits per heavy atom. The smallest absolute Gasteiger partial charge is 0.148 e. The first-order chi connectivity index (χ1) is 9.15. The summed E-state index contributed by atoms with van der Waals surface area (Å²) in [5.74, 6) is 0.642. The third-order valence-corrected chi connectivity index (χ3v) is 4.26. The number of aliphatic hydroxyl groups is 1. The number of rotatable bonds is 2. The molecule has 3 heteroatoms. The summed E-state index contributed by atoms with van der Waals surface area (Å²) < 4.78 is 11.4. The standard InChI is InChI=1S/C16H20O3/c1-11-6-5-7-12-10-14(19-15(11)12)16(17)9-4-3-8-13(16)18-2/h5-7,10,13,17H,3-4,8-9H2,1-2H3. The van der Waals surface area contributed by atoms with Gasteiger partial charge in [-0.05, 0) is 37.8 Å². The average Bonchev–Trinajstić information content (AvgIpc) is 2.85. The van der Waals surface area contributed by atoms with Crippen molar-refractivity contribution in [1.29, 1.82) is 0 Å². The molecule has 0 spiro atoms. The van der Waals surface area contributed by atoms with Gasteiger partial charge in [-0.25, -0.2) is 0 Å². The zero-order valence-electron chi connectivity index (χ0n) is 11.5. The third-order valence-electron chi connectivity index (χ3n) is 4.26. The molecule has 102 valence electrons. The SMILES string of the molecule is COC1CCCCC1(O)c1cc2cccc(C)c2o1. The van der Waals surface area contributed by atoms with Gasteiger partial charge in [0.05, 0.1) is 6.10 Å². The summed E-state index contributed by atoms with van der Waals surface area (Å²) >= 11 is 0. The van der Waals surface area contributed by atoms with Crippen molar-refractivity contribution in [3.8, 4) is 0 Å². The minimum Gasteiger partial charge on any atom is -0.458 e. The quantitative estimate of drug-likeness (QED) is 0.898. The van der Waals surface area contributed by atoms with Gasteiger partial charge in [0.1, 0.15) is 16.9 Å². The highest BCUT2D eigenvalue weighted by Gasteiger charge is 2.43. The molecule has 1 heterocycles. The Balaban J connectivity index is 2.09. The minimum absolute atomic E-state index is 0.179. The highest BCUT2D eigenvalue weighted by Crippen LogP contribution is 2.41. The average molecular weight is 260 g/mol. The molecular formula is C16H20O3. The Morgan fingerprint density at radius 1 is 1.37 bits per heavy atom. The molecule has 0 saturated heterocycles. The summed E-state index contributed by atoms with van der Waals surface area (Å²) in [6, 6.07) is 8.01. The normalized spacial score (nSPS) is 27.8. The van der Waals surface area contributed by atoms with Crippen LogP contribution >= 0.6 is 0 Å². The molecule has 3 rings (SSSR count). The molecule has 3 nitrogen and oxygen atoms in total. The lowest BCUT2D eigenvalue weighted by Crippen LogP contribution is -2.43. The second kappa shape index (κ2) is 4.66. The van der Waals surface area contributed by atoms with Gasteiger partial charge >= 0.3 is 0 Å². The monoisotopic (exact) mass is 260 g/mol. The maximum atomic E-state index is 11.0. The van der Waals surface area contributed by atoms with E-state index < -0.39 is 5.60 Å². The Kier molecular flexibility index (Phi) is 3.11. The highest BCUT2D eigenvalue weighted by molar-refractivity contribution is 5.81. The molecule has 2 unspecified atom stereocenters. The molecule has 19 heavy (non-hydrogen) atoms. The van der Waals surface area contributed by atoms with Crippen LogP contribution in [0, 0.1) is 6.92 Å². The van der Waals surface area contributed by atoms with Crippen molar-refractivity contribution in [1.82, 2.24) is 0 Å². The lowest BCUT2D eigenvalue weighted by atomic mass is 9.80. The molecule has 1 aliphatic carbocycles. The number of ether oxygens (including phenoxy) is 1. The molecule has 1 aliphatic rings. The lowest BCUT2D eigenvalue weighted by molar-refractivity contribution is -0.132. The molecule has 0 amide bonds. The van der Waals surface area contributed by atoms with Crippen LogP contribution in [0.4, 0.5) is 0 Å². The molecule has 1 saturated carbocycles. The zero-order chi connectivity index (χ0) is 13.5. The van der Waals surface area contributed by atoms with Crippen LogP contribution in [0.25, 0.3) is 11.0 Å². The second-order valence-electron chi connectivity index (χ2n) is 5.50. The van der Waals surface area contributed by atoms with Crippen LogP contribution in [0.2, 0.25) is 0 Å². The van der Waals surface area contributed by atoms with E-state index in [1.165, 1.54) is 0 Å². The van der Waals surface area contributed by atoms with Gasteiger partial charge < -0.3 is 14.3 Å². The van der Waals surface area contributed by atoms with Crippen molar-refractivity contribution < 1.29 is 14.3 Å². The van der Waals surface area contributed by atoms with E-state index in [1.54, 1.807) is 7.11 Å². The lowest BCUT2D eigenvalue weighted by Gasteiger charge is -2.37. The topological polar surface area (TPSA) is 42.6 Å². The van der Waals surface area contributed by atoms with Gasteiger partial charge in [-0.2, -0.15) is 0 Å². The van der Waals surface area contributed by atoms with Crippen LogP contribution in [0.5, 0.6) is 0 Å². The van der Waals surface area contributed by atoms with E-state index >= 15 is 0 Å². The van der Waals surface area contributed by atoms with E-state index in [9.17, 15) is 5.11 Å². The Hall–Kier alpha value is -1.32. The Labute approximate surface area is 113 Å². The molecule has 1 fully saturated rings. The zero-order valence-corrected chi connectivity index (χ0v) is 11.5. The third kappa shape index (κ3) is 1.97. The first-order valence-corrected chi connectivity index (χ1v) is 6.90. The van der Waals surface area contributed by atoms with Gasteiger partial charge in [-0.15, -0.1) is 0 Å². The summed E-state index contributed by atoms with van der Waals surface area (Å²) in [6.07, 6.45) is 3.50. The van der Waals surface area contributed by atoms with Crippen LogP contribution in [0.1, 0.15) is 37.0 Å². The van der Waals surface area contributed by atoms with Crippen molar-refractivity contribution in [2.24, 2.45) is 0 Å². The van der Waals surface area contributed by atoms with E-state index in [-0.39, 0.29) is 6.10 Å². The van der Waals surface area contributed by atoms with Crippen molar-refractivity contribution in [2.75, 3.05) is 7.11 Å². The largest absolute Gasteiger partial charge is 0.458 e. The molecule has 1 N–H and O–H groups in total. The highest BCUT2D eigenvalue weighted by atomic mass is 16.5. The molecule has 2 atom stereocenters. The fourth-order valence-electron chi connectivity index (χ4n) is 3.14. The summed E-state index contributed by atoms with van der Waals surface area (Å²) in [5.41, 5.74) is 0.974. The maximum Gasteiger partial charge on any atom is 0.148 e. The first-order valence-electron chi connectivity index (χ1n) is 6.90. The van der Waals surface area contributed by atoms with Crippen molar-refractivity contribution in [2.45, 2.75) is 44.3 Å². The predicted molar refractivity (Wildman–Crippen MR) is 74.1 cm³/mol. The number of hydrogen-bond acceptors (Lipinski definition) is 3. The van der Waals surface area contributed by atoms with Crippen LogP contribution < -0.4 is 0 Å².